The van der Waals surface area contributed by atoms with Gasteiger partial charge in [-0.25, -0.2) is 0 Å². The molecule has 0 heterocycles. The van der Waals surface area contributed by atoms with Crippen LogP contribution in [0.25, 0.3) is 0 Å². The van der Waals surface area contributed by atoms with Gasteiger partial charge in [-0.3, -0.25) is 9.59 Å². The first-order chi connectivity index (χ1) is 10.5. The molecule has 0 saturated carbocycles. The van der Waals surface area contributed by atoms with Crippen LogP contribution in [0.2, 0.25) is 0 Å². The van der Waals surface area contributed by atoms with Crippen molar-refractivity contribution in [2.24, 2.45) is 5.92 Å². The molecule has 0 aliphatic rings. The van der Waals surface area contributed by atoms with E-state index in [1.165, 1.54) is 5.56 Å². The topological polar surface area (TPSA) is 58.2 Å². The van der Waals surface area contributed by atoms with Gasteiger partial charge in [-0.05, 0) is 30.7 Å². The zero-order valence-electron chi connectivity index (χ0n) is 13.9. The number of benzene rings is 1. The second-order valence-electron chi connectivity index (χ2n) is 6.03. The van der Waals surface area contributed by atoms with E-state index in [-0.39, 0.29) is 11.8 Å². The van der Waals surface area contributed by atoms with Gasteiger partial charge in [0.05, 0.1) is 0 Å². The van der Waals surface area contributed by atoms with Gasteiger partial charge in [0.1, 0.15) is 6.04 Å². The summed E-state index contributed by atoms with van der Waals surface area (Å²) in [6, 6.07) is 9.61. The molecular formula is C18H28N2O2. The Balaban J connectivity index is 2.46. The van der Waals surface area contributed by atoms with E-state index in [1.807, 2.05) is 37.3 Å². The first kappa shape index (κ1) is 18.2. The van der Waals surface area contributed by atoms with E-state index in [1.54, 1.807) is 0 Å². The van der Waals surface area contributed by atoms with E-state index in [0.29, 0.717) is 25.3 Å². The molecule has 4 nitrogen and oxygen atoms in total. The summed E-state index contributed by atoms with van der Waals surface area (Å²) in [5.41, 5.74) is 1.19. The molecule has 22 heavy (non-hydrogen) atoms. The van der Waals surface area contributed by atoms with Crippen LogP contribution in [0.15, 0.2) is 30.3 Å². The summed E-state index contributed by atoms with van der Waals surface area (Å²) in [5.74, 6) is 0.215. The number of hydrogen-bond acceptors (Lipinski definition) is 2. The second-order valence-corrected chi connectivity index (χ2v) is 6.03. The largest absolute Gasteiger partial charge is 0.354 e. The Bertz CT molecular complexity index is 457. The van der Waals surface area contributed by atoms with Crippen LogP contribution >= 0.6 is 0 Å². The Morgan fingerprint density at radius 1 is 1.14 bits per heavy atom. The first-order valence-corrected chi connectivity index (χ1v) is 8.14. The molecule has 1 aromatic rings. The van der Waals surface area contributed by atoms with Crippen LogP contribution < -0.4 is 10.6 Å². The third-order valence-corrected chi connectivity index (χ3v) is 3.39. The van der Waals surface area contributed by atoms with Gasteiger partial charge >= 0.3 is 0 Å². The molecule has 0 fully saturated rings. The van der Waals surface area contributed by atoms with Gasteiger partial charge in [-0.15, -0.1) is 0 Å². The van der Waals surface area contributed by atoms with Crippen molar-refractivity contribution in [1.29, 1.82) is 0 Å². The summed E-state index contributed by atoms with van der Waals surface area (Å²) in [6.07, 6.45) is 2.71. The van der Waals surface area contributed by atoms with Crippen LogP contribution in [0, 0.1) is 5.92 Å². The van der Waals surface area contributed by atoms with E-state index < -0.39 is 6.04 Å². The molecule has 4 heteroatoms. The molecule has 0 aliphatic heterocycles. The van der Waals surface area contributed by atoms with E-state index in [2.05, 4.69) is 24.5 Å². The van der Waals surface area contributed by atoms with E-state index >= 15 is 0 Å². The molecule has 0 spiro atoms. The van der Waals surface area contributed by atoms with Gasteiger partial charge in [0.2, 0.25) is 11.8 Å². The molecule has 2 N–H and O–H groups in total. The molecule has 0 radical (unpaired) electrons. The van der Waals surface area contributed by atoms with Gasteiger partial charge in [0, 0.05) is 13.0 Å². The van der Waals surface area contributed by atoms with Crippen LogP contribution in [0.5, 0.6) is 0 Å². The van der Waals surface area contributed by atoms with Crippen LogP contribution in [0.3, 0.4) is 0 Å². The maximum Gasteiger partial charge on any atom is 0.242 e. The smallest absolute Gasteiger partial charge is 0.242 e. The van der Waals surface area contributed by atoms with Gasteiger partial charge in [-0.1, -0.05) is 51.1 Å². The zero-order valence-corrected chi connectivity index (χ0v) is 13.9. The van der Waals surface area contributed by atoms with Crippen molar-refractivity contribution in [3.63, 3.8) is 0 Å². The lowest BCUT2D eigenvalue weighted by Crippen LogP contribution is -2.47. The average molecular weight is 304 g/mol. The van der Waals surface area contributed by atoms with Crippen molar-refractivity contribution in [3.05, 3.63) is 35.9 Å². The molecule has 0 saturated heterocycles. The molecule has 1 atom stereocenters. The van der Waals surface area contributed by atoms with Crippen molar-refractivity contribution < 1.29 is 9.59 Å². The summed E-state index contributed by atoms with van der Waals surface area (Å²) < 4.78 is 0. The number of amides is 2. The number of hydrogen-bond donors (Lipinski definition) is 2. The summed E-state index contributed by atoms with van der Waals surface area (Å²) in [7, 11) is 0. The highest BCUT2D eigenvalue weighted by Crippen LogP contribution is 2.06. The van der Waals surface area contributed by atoms with Crippen molar-refractivity contribution in [3.8, 4) is 0 Å². The van der Waals surface area contributed by atoms with Crippen molar-refractivity contribution >= 4 is 11.8 Å². The summed E-state index contributed by atoms with van der Waals surface area (Å²) in [4.78, 5) is 24.0. The third-order valence-electron chi connectivity index (χ3n) is 3.39. The molecule has 0 unspecified atom stereocenters. The highest BCUT2D eigenvalue weighted by Gasteiger charge is 2.21. The second kappa shape index (κ2) is 9.98. The third kappa shape index (κ3) is 7.25. The number of rotatable bonds is 9. The Kier molecular flexibility index (Phi) is 8.26. The SMILES string of the molecule is CCCC(=O)N[C@@H](CC(C)C)C(=O)NCCc1ccccc1. The Morgan fingerprint density at radius 3 is 2.41 bits per heavy atom. The molecule has 2 amide bonds. The fourth-order valence-electron chi connectivity index (χ4n) is 2.29. The summed E-state index contributed by atoms with van der Waals surface area (Å²) in [5, 5.41) is 5.78. The quantitative estimate of drug-likeness (QED) is 0.737. The predicted octanol–water partition coefficient (Wildman–Crippen LogP) is 2.68. The Hall–Kier alpha value is -1.84. The standard InChI is InChI=1S/C18H28N2O2/c1-4-8-17(21)20-16(13-14(2)3)18(22)19-12-11-15-9-6-5-7-10-15/h5-7,9-10,14,16H,4,8,11-13H2,1-3H3,(H,19,22)(H,20,21)/t16-/m0/s1. The maximum atomic E-state index is 12.3. The minimum Gasteiger partial charge on any atom is -0.354 e. The molecule has 0 aromatic heterocycles. The van der Waals surface area contributed by atoms with Gasteiger partial charge < -0.3 is 10.6 Å². The fourth-order valence-corrected chi connectivity index (χ4v) is 2.29. The summed E-state index contributed by atoms with van der Waals surface area (Å²) >= 11 is 0. The van der Waals surface area contributed by atoms with E-state index in [9.17, 15) is 9.59 Å². The number of carbonyl (C=O) groups is 2. The maximum absolute atomic E-state index is 12.3. The highest BCUT2D eigenvalue weighted by molar-refractivity contribution is 5.87. The highest BCUT2D eigenvalue weighted by atomic mass is 16.2. The molecule has 122 valence electrons. The molecular weight excluding hydrogens is 276 g/mol. The van der Waals surface area contributed by atoms with E-state index in [4.69, 9.17) is 0 Å². The Labute approximate surface area is 133 Å². The fraction of sp³-hybridized carbons (Fsp3) is 0.556. The predicted molar refractivity (Wildman–Crippen MR) is 89.4 cm³/mol. The molecule has 0 bridgehead atoms. The lowest BCUT2D eigenvalue weighted by molar-refractivity contribution is -0.129. The van der Waals surface area contributed by atoms with Crippen LogP contribution in [0.1, 0.15) is 45.6 Å². The van der Waals surface area contributed by atoms with Crippen molar-refractivity contribution in [2.75, 3.05) is 6.54 Å². The minimum absolute atomic E-state index is 0.0497. The molecule has 1 rings (SSSR count). The lowest BCUT2D eigenvalue weighted by Gasteiger charge is -2.20. The van der Waals surface area contributed by atoms with Gasteiger partial charge in [-0.2, -0.15) is 0 Å². The molecule has 1 aromatic carbocycles. The van der Waals surface area contributed by atoms with Crippen LogP contribution in [0.4, 0.5) is 0 Å². The van der Waals surface area contributed by atoms with E-state index in [0.717, 1.165) is 12.8 Å². The van der Waals surface area contributed by atoms with Gasteiger partial charge in [0.25, 0.3) is 0 Å². The lowest BCUT2D eigenvalue weighted by atomic mass is 10.0. The van der Waals surface area contributed by atoms with Crippen LogP contribution in [-0.4, -0.2) is 24.4 Å². The summed E-state index contributed by atoms with van der Waals surface area (Å²) in [6.45, 7) is 6.64. The number of carbonyl (C=O) groups excluding carboxylic acids is 2. The normalized spacial score (nSPS) is 12.0. The monoisotopic (exact) mass is 304 g/mol. The Morgan fingerprint density at radius 2 is 1.82 bits per heavy atom. The van der Waals surface area contributed by atoms with Crippen molar-refractivity contribution in [2.45, 2.75) is 52.5 Å². The van der Waals surface area contributed by atoms with Gasteiger partial charge in [0.15, 0.2) is 0 Å². The first-order valence-electron chi connectivity index (χ1n) is 8.14. The minimum atomic E-state index is -0.435. The van der Waals surface area contributed by atoms with Crippen LogP contribution in [-0.2, 0) is 16.0 Å². The molecule has 0 aliphatic carbocycles. The average Bonchev–Trinajstić information content (AvgIpc) is 2.47. The zero-order chi connectivity index (χ0) is 16.4. The number of nitrogens with one attached hydrogen (secondary N) is 2. The van der Waals surface area contributed by atoms with Crippen molar-refractivity contribution in [1.82, 2.24) is 10.6 Å².